The number of nitrogens with one attached hydrogen (secondary N) is 1. The van der Waals surface area contributed by atoms with Gasteiger partial charge in [0.05, 0.1) is 29.8 Å². The van der Waals surface area contributed by atoms with E-state index in [0.717, 1.165) is 10.6 Å². The predicted octanol–water partition coefficient (Wildman–Crippen LogP) is 2.32. The van der Waals surface area contributed by atoms with Crippen LogP contribution in [0.15, 0.2) is 53.6 Å². The Morgan fingerprint density at radius 3 is 2.61 bits per heavy atom. The van der Waals surface area contributed by atoms with Gasteiger partial charge in [-0.1, -0.05) is 6.07 Å². The number of pyridine rings is 1. The average Bonchev–Trinajstić information content (AvgIpc) is 3.20. The molecule has 31 heavy (non-hydrogen) atoms. The lowest BCUT2D eigenvalue weighted by Crippen LogP contribution is -2.35. The van der Waals surface area contributed by atoms with Gasteiger partial charge in [-0.05, 0) is 36.4 Å². The maximum atomic E-state index is 13.0. The molecule has 4 rings (SSSR count). The van der Waals surface area contributed by atoms with Gasteiger partial charge in [0.15, 0.2) is 5.13 Å². The first kappa shape index (κ1) is 21.1. The third kappa shape index (κ3) is 4.33. The van der Waals surface area contributed by atoms with Gasteiger partial charge in [0.2, 0.25) is 10.0 Å². The molecule has 0 atom stereocenters. The number of fused-ring (bicyclic) bond motifs is 1. The molecule has 0 unspecified atom stereocenters. The highest BCUT2D eigenvalue weighted by atomic mass is 32.2. The van der Waals surface area contributed by atoms with Crippen LogP contribution >= 0.6 is 11.3 Å². The van der Waals surface area contributed by atoms with Crippen LogP contribution in [0.3, 0.4) is 0 Å². The Kier molecular flexibility index (Phi) is 5.81. The van der Waals surface area contributed by atoms with Crippen molar-refractivity contribution in [2.75, 3.05) is 19.0 Å². The number of methoxy groups -OCH3 is 1. The summed E-state index contributed by atoms with van der Waals surface area (Å²) in [4.78, 5) is 33.2. The summed E-state index contributed by atoms with van der Waals surface area (Å²) in [5.74, 6) is -0.904. The summed E-state index contributed by atoms with van der Waals surface area (Å²) in [7, 11) is -2.48. The number of benzene rings is 1. The van der Waals surface area contributed by atoms with E-state index in [-0.39, 0.29) is 35.1 Å². The second kappa shape index (κ2) is 8.53. The van der Waals surface area contributed by atoms with Crippen LogP contribution in [0.5, 0.6) is 0 Å². The summed E-state index contributed by atoms with van der Waals surface area (Å²) >= 11 is 1.24. The molecular formula is C20H18N4O5S2. The van der Waals surface area contributed by atoms with E-state index in [1.54, 1.807) is 18.2 Å². The maximum absolute atomic E-state index is 13.0. The van der Waals surface area contributed by atoms with E-state index in [4.69, 9.17) is 0 Å². The largest absolute Gasteiger partial charge is 0.465 e. The zero-order valence-electron chi connectivity index (χ0n) is 16.4. The topological polar surface area (TPSA) is 119 Å². The van der Waals surface area contributed by atoms with E-state index in [9.17, 15) is 18.0 Å². The van der Waals surface area contributed by atoms with E-state index in [1.807, 2.05) is 0 Å². The zero-order chi connectivity index (χ0) is 22.0. The van der Waals surface area contributed by atoms with Crippen molar-refractivity contribution in [3.8, 4) is 0 Å². The van der Waals surface area contributed by atoms with E-state index in [2.05, 4.69) is 20.0 Å². The Labute approximate surface area is 182 Å². The number of anilines is 1. The SMILES string of the molecule is COC(=O)c1ccc(S(=O)(=O)N2CCc3nc(NC(=O)c4ccccn4)sc3C2)cc1. The molecule has 1 N–H and O–H groups in total. The minimum atomic E-state index is -3.75. The molecule has 2 aromatic heterocycles. The second-order valence-electron chi connectivity index (χ2n) is 6.66. The summed E-state index contributed by atoms with van der Waals surface area (Å²) in [6, 6.07) is 10.7. The summed E-state index contributed by atoms with van der Waals surface area (Å²) in [6.07, 6.45) is 1.97. The predicted molar refractivity (Wildman–Crippen MR) is 113 cm³/mol. The van der Waals surface area contributed by atoms with Crippen molar-refractivity contribution in [2.24, 2.45) is 0 Å². The number of rotatable bonds is 5. The molecular weight excluding hydrogens is 440 g/mol. The lowest BCUT2D eigenvalue weighted by Gasteiger charge is -2.25. The van der Waals surface area contributed by atoms with Crippen molar-refractivity contribution < 1.29 is 22.7 Å². The number of esters is 1. The normalized spacial score (nSPS) is 14.0. The summed E-state index contributed by atoms with van der Waals surface area (Å²) in [5, 5.41) is 3.12. The van der Waals surface area contributed by atoms with E-state index in [1.165, 1.54) is 53.2 Å². The second-order valence-corrected chi connectivity index (χ2v) is 9.68. The summed E-state index contributed by atoms with van der Waals surface area (Å²) in [5.41, 5.74) is 1.32. The Balaban J connectivity index is 1.49. The number of carbonyl (C=O) groups is 2. The van der Waals surface area contributed by atoms with E-state index < -0.39 is 16.0 Å². The van der Waals surface area contributed by atoms with Crippen molar-refractivity contribution in [3.05, 3.63) is 70.5 Å². The van der Waals surface area contributed by atoms with Crippen molar-refractivity contribution in [1.82, 2.24) is 14.3 Å². The molecule has 1 aromatic carbocycles. The third-order valence-electron chi connectivity index (χ3n) is 4.73. The molecule has 11 heteroatoms. The number of amides is 1. The van der Waals surface area contributed by atoms with Crippen molar-refractivity contribution >= 4 is 38.4 Å². The molecule has 0 saturated carbocycles. The van der Waals surface area contributed by atoms with Crippen LogP contribution in [0.4, 0.5) is 5.13 Å². The number of nitrogens with zero attached hydrogens (tertiary/aromatic N) is 3. The third-order valence-corrected chi connectivity index (χ3v) is 7.58. The molecule has 0 aliphatic carbocycles. The fourth-order valence-electron chi connectivity index (χ4n) is 3.12. The van der Waals surface area contributed by atoms with Crippen LogP contribution in [0, 0.1) is 0 Å². The minimum Gasteiger partial charge on any atom is -0.465 e. The number of ether oxygens (including phenoxy) is 1. The quantitative estimate of drug-likeness (QED) is 0.583. The van der Waals surface area contributed by atoms with Gasteiger partial charge in [-0.2, -0.15) is 4.31 Å². The lowest BCUT2D eigenvalue weighted by molar-refractivity contribution is 0.0600. The Morgan fingerprint density at radius 1 is 1.16 bits per heavy atom. The summed E-state index contributed by atoms with van der Waals surface area (Å²) < 4.78 is 32.1. The minimum absolute atomic E-state index is 0.0943. The Morgan fingerprint density at radius 2 is 1.94 bits per heavy atom. The molecule has 1 amide bonds. The molecule has 0 saturated heterocycles. The van der Waals surface area contributed by atoms with Gasteiger partial charge in [-0.3, -0.25) is 15.1 Å². The van der Waals surface area contributed by atoms with Crippen molar-refractivity contribution in [3.63, 3.8) is 0 Å². The van der Waals surface area contributed by atoms with Crippen LogP contribution in [-0.2, 0) is 27.7 Å². The molecule has 0 bridgehead atoms. The van der Waals surface area contributed by atoms with Gasteiger partial charge in [-0.15, -0.1) is 11.3 Å². The molecule has 9 nitrogen and oxygen atoms in total. The molecule has 0 fully saturated rings. The van der Waals surface area contributed by atoms with Crippen LogP contribution in [0.25, 0.3) is 0 Å². The molecule has 3 heterocycles. The Bertz CT molecular complexity index is 1220. The highest BCUT2D eigenvalue weighted by Gasteiger charge is 2.30. The molecule has 3 aromatic rings. The lowest BCUT2D eigenvalue weighted by atomic mass is 10.2. The molecule has 1 aliphatic rings. The molecule has 0 spiro atoms. The van der Waals surface area contributed by atoms with Crippen LogP contribution < -0.4 is 5.32 Å². The number of carbonyl (C=O) groups excluding carboxylic acids is 2. The molecule has 0 radical (unpaired) electrons. The first-order valence-electron chi connectivity index (χ1n) is 9.28. The van der Waals surface area contributed by atoms with Gasteiger partial charge < -0.3 is 4.74 Å². The highest BCUT2D eigenvalue weighted by Crippen LogP contribution is 2.31. The number of thiazole rings is 1. The smallest absolute Gasteiger partial charge is 0.337 e. The Hall–Kier alpha value is -3.15. The molecule has 1 aliphatic heterocycles. The maximum Gasteiger partial charge on any atom is 0.337 e. The number of aromatic nitrogens is 2. The van der Waals surface area contributed by atoms with E-state index in [0.29, 0.717) is 11.6 Å². The fourth-order valence-corrected chi connectivity index (χ4v) is 5.63. The van der Waals surface area contributed by atoms with Gasteiger partial charge in [-0.25, -0.2) is 18.2 Å². The van der Waals surface area contributed by atoms with Gasteiger partial charge in [0.25, 0.3) is 5.91 Å². The van der Waals surface area contributed by atoms with E-state index >= 15 is 0 Å². The van der Waals surface area contributed by atoms with Crippen LogP contribution in [0.2, 0.25) is 0 Å². The number of sulfonamides is 1. The molecule has 160 valence electrons. The van der Waals surface area contributed by atoms with Gasteiger partial charge in [0.1, 0.15) is 5.69 Å². The monoisotopic (exact) mass is 458 g/mol. The van der Waals surface area contributed by atoms with Gasteiger partial charge in [0, 0.05) is 24.0 Å². The van der Waals surface area contributed by atoms with Crippen LogP contribution in [-0.4, -0.2) is 48.2 Å². The summed E-state index contributed by atoms with van der Waals surface area (Å²) in [6.45, 7) is 0.430. The number of hydrogen-bond acceptors (Lipinski definition) is 8. The van der Waals surface area contributed by atoms with Crippen molar-refractivity contribution in [2.45, 2.75) is 17.9 Å². The first-order chi connectivity index (χ1) is 14.9. The highest BCUT2D eigenvalue weighted by molar-refractivity contribution is 7.89. The zero-order valence-corrected chi connectivity index (χ0v) is 18.1. The van der Waals surface area contributed by atoms with Gasteiger partial charge >= 0.3 is 5.97 Å². The average molecular weight is 459 g/mol. The van der Waals surface area contributed by atoms with Crippen LogP contribution in [0.1, 0.15) is 31.4 Å². The van der Waals surface area contributed by atoms with Crippen molar-refractivity contribution in [1.29, 1.82) is 0 Å². The first-order valence-corrected chi connectivity index (χ1v) is 11.5. The number of hydrogen-bond donors (Lipinski definition) is 1. The standard InChI is InChI=1S/C20H18N4O5S2/c1-29-19(26)13-5-7-14(8-6-13)31(27,28)24-11-9-15-17(12-24)30-20(22-15)23-18(25)16-4-2-3-10-21-16/h2-8,10H,9,11-12H2,1H3,(H,22,23,25). The fraction of sp³-hybridized carbons (Fsp3) is 0.200.